The molecule has 4 heteroatoms. The van der Waals surface area contributed by atoms with Crippen LogP contribution in [0.4, 0.5) is 5.69 Å². The Labute approximate surface area is 167 Å². The number of carbonyl (C=O) groups is 1. The normalized spacial score (nSPS) is 15.1. The van der Waals surface area contributed by atoms with E-state index in [9.17, 15) is 10.1 Å². The number of rotatable bonds is 6. The summed E-state index contributed by atoms with van der Waals surface area (Å²) in [5.41, 5.74) is 4.08. The van der Waals surface area contributed by atoms with Crippen LogP contribution in [0.3, 0.4) is 0 Å². The van der Waals surface area contributed by atoms with Crippen LogP contribution in [0.15, 0.2) is 42.7 Å². The van der Waals surface area contributed by atoms with Crippen molar-refractivity contribution in [2.75, 3.05) is 5.32 Å². The van der Waals surface area contributed by atoms with Crippen LogP contribution in [-0.4, -0.2) is 10.9 Å². The van der Waals surface area contributed by atoms with Crippen LogP contribution < -0.4 is 5.32 Å². The topological polar surface area (TPSA) is 65.8 Å². The van der Waals surface area contributed by atoms with Crippen LogP contribution >= 0.6 is 0 Å². The van der Waals surface area contributed by atoms with E-state index in [1.807, 2.05) is 43.3 Å². The Morgan fingerprint density at radius 2 is 2.11 bits per heavy atom. The molecule has 1 aromatic carbocycles. The average Bonchev–Trinajstić information content (AvgIpc) is 2.74. The molecule has 3 rings (SSSR count). The predicted molar refractivity (Wildman–Crippen MR) is 113 cm³/mol. The van der Waals surface area contributed by atoms with E-state index in [0.717, 1.165) is 28.8 Å². The number of aryl methyl sites for hydroxylation is 1. The quantitative estimate of drug-likeness (QED) is 0.655. The van der Waals surface area contributed by atoms with E-state index in [2.05, 4.69) is 16.4 Å². The number of allylic oxidation sites excluding steroid dienone is 1. The number of nitrogens with zero attached hydrogens (tertiary/aromatic N) is 2. The van der Waals surface area contributed by atoms with Crippen LogP contribution in [0.5, 0.6) is 0 Å². The van der Waals surface area contributed by atoms with Gasteiger partial charge in [-0.25, -0.2) is 0 Å². The molecule has 0 unspecified atom stereocenters. The predicted octanol–water partition coefficient (Wildman–Crippen LogP) is 5.75. The third-order valence-electron chi connectivity index (χ3n) is 5.46. The molecule has 0 radical (unpaired) electrons. The van der Waals surface area contributed by atoms with Crippen molar-refractivity contribution in [3.8, 4) is 6.07 Å². The molecule has 2 aromatic rings. The summed E-state index contributed by atoms with van der Waals surface area (Å²) in [5, 5.41) is 12.5. The summed E-state index contributed by atoms with van der Waals surface area (Å²) in [5.74, 6) is 0.769. The minimum absolute atomic E-state index is 0.0668. The summed E-state index contributed by atoms with van der Waals surface area (Å²) >= 11 is 0. The maximum Gasteiger partial charge on any atom is 0.224 e. The Balaban J connectivity index is 1.68. The van der Waals surface area contributed by atoms with Crippen LogP contribution in [-0.2, 0) is 4.79 Å². The molecule has 1 saturated carbocycles. The lowest BCUT2D eigenvalue weighted by Gasteiger charge is -2.21. The monoisotopic (exact) mass is 373 g/mol. The molecule has 1 aliphatic rings. The third-order valence-corrected chi connectivity index (χ3v) is 5.46. The fraction of sp³-hybridized carbons (Fsp3) is 0.375. The Hall–Kier alpha value is -2.93. The van der Waals surface area contributed by atoms with Crippen molar-refractivity contribution >= 4 is 23.2 Å². The zero-order chi connectivity index (χ0) is 19.8. The zero-order valence-electron chi connectivity index (χ0n) is 16.4. The summed E-state index contributed by atoms with van der Waals surface area (Å²) in [6.45, 7) is 2.00. The van der Waals surface area contributed by atoms with E-state index in [4.69, 9.17) is 0 Å². The highest BCUT2D eigenvalue weighted by molar-refractivity contribution is 5.93. The number of carbonyl (C=O) groups excluding carboxylic acids is 1. The van der Waals surface area contributed by atoms with Crippen molar-refractivity contribution in [1.82, 2.24) is 4.98 Å². The summed E-state index contributed by atoms with van der Waals surface area (Å²) in [6.07, 6.45) is 13.2. The van der Waals surface area contributed by atoms with Gasteiger partial charge in [-0.05, 0) is 54.7 Å². The SMILES string of the molecule is Cc1ccc(NC(=O)CCC2CCCCC2)cc1/C=C(\C#N)c1cccnc1. The molecule has 1 aromatic heterocycles. The number of amides is 1. The van der Waals surface area contributed by atoms with E-state index in [1.54, 1.807) is 12.4 Å². The van der Waals surface area contributed by atoms with Gasteiger partial charge in [0.2, 0.25) is 5.91 Å². The molecule has 28 heavy (non-hydrogen) atoms. The van der Waals surface area contributed by atoms with Gasteiger partial charge in [0.15, 0.2) is 0 Å². The molecule has 0 bridgehead atoms. The first-order valence-electron chi connectivity index (χ1n) is 10.1. The molecular weight excluding hydrogens is 346 g/mol. The standard InChI is InChI=1S/C24H27N3O/c1-18-9-11-23(27-24(28)12-10-19-6-3-2-4-7-19)15-21(18)14-22(16-25)20-8-5-13-26-17-20/h5,8-9,11,13-15,17,19H,2-4,6-7,10,12H2,1H3,(H,27,28)/b22-14+. The molecule has 0 atom stereocenters. The van der Waals surface area contributed by atoms with Gasteiger partial charge in [-0.15, -0.1) is 0 Å². The van der Waals surface area contributed by atoms with Gasteiger partial charge in [0.05, 0.1) is 11.6 Å². The van der Waals surface area contributed by atoms with Gasteiger partial charge in [0.1, 0.15) is 0 Å². The third kappa shape index (κ3) is 5.53. The van der Waals surface area contributed by atoms with Crippen molar-refractivity contribution in [1.29, 1.82) is 5.26 Å². The number of nitriles is 1. The molecule has 1 N–H and O–H groups in total. The highest BCUT2D eigenvalue weighted by atomic mass is 16.1. The van der Waals surface area contributed by atoms with Gasteiger partial charge in [-0.2, -0.15) is 5.26 Å². The molecule has 4 nitrogen and oxygen atoms in total. The first-order chi connectivity index (χ1) is 13.7. The van der Waals surface area contributed by atoms with Gasteiger partial charge < -0.3 is 5.32 Å². The molecule has 0 saturated heterocycles. The summed E-state index contributed by atoms with van der Waals surface area (Å²) in [7, 11) is 0. The molecule has 1 aliphatic carbocycles. The van der Waals surface area contributed by atoms with E-state index in [-0.39, 0.29) is 5.91 Å². The summed E-state index contributed by atoms with van der Waals surface area (Å²) in [6, 6.07) is 11.8. The molecule has 1 heterocycles. The lowest BCUT2D eigenvalue weighted by atomic mass is 9.86. The highest BCUT2D eigenvalue weighted by Crippen LogP contribution is 2.27. The Morgan fingerprint density at radius 1 is 1.29 bits per heavy atom. The molecule has 1 fully saturated rings. The van der Waals surface area contributed by atoms with Gasteiger partial charge in [-0.3, -0.25) is 9.78 Å². The number of aromatic nitrogens is 1. The van der Waals surface area contributed by atoms with Gasteiger partial charge in [0, 0.05) is 30.1 Å². The van der Waals surface area contributed by atoms with Crippen molar-refractivity contribution in [3.63, 3.8) is 0 Å². The van der Waals surface area contributed by atoms with Crippen LogP contribution in [0.2, 0.25) is 0 Å². The largest absolute Gasteiger partial charge is 0.326 e. The minimum atomic E-state index is 0.0668. The maximum atomic E-state index is 12.4. The summed E-state index contributed by atoms with van der Waals surface area (Å²) < 4.78 is 0. The number of nitrogens with one attached hydrogen (secondary N) is 1. The van der Waals surface area contributed by atoms with E-state index in [0.29, 0.717) is 17.9 Å². The Morgan fingerprint density at radius 3 is 2.82 bits per heavy atom. The fourth-order valence-electron chi connectivity index (χ4n) is 3.77. The Kier molecular flexibility index (Phi) is 6.97. The van der Waals surface area contributed by atoms with Crippen molar-refractivity contribution in [2.45, 2.75) is 51.9 Å². The lowest BCUT2D eigenvalue weighted by molar-refractivity contribution is -0.116. The first-order valence-corrected chi connectivity index (χ1v) is 10.1. The second-order valence-corrected chi connectivity index (χ2v) is 7.57. The van der Waals surface area contributed by atoms with Crippen molar-refractivity contribution in [2.24, 2.45) is 5.92 Å². The molecule has 0 spiro atoms. The summed E-state index contributed by atoms with van der Waals surface area (Å²) in [4.78, 5) is 16.4. The van der Waals surface area contributed by atoms with Crippen LogP contribution in [0.25, 0.3) is 11.6 Å². The maximum absolute atomic E-state index is 12.4. The molecule has 1 amide bonds. The van der Waals surface area contributed by atoms with Crippen molar-refractivity contribution in [3.05, 3.63) is 59.4 Å². The fourth-order valence-corrected chi connectivity index (χ4v) is 3.77. The zero-order valence-corrected chi connectivity index (χ0v) is 16.4. The van der Waals surface area contributed by atoms with Crippen molar-refractivity contribution < 1.29 is 4.79 Å². The Bertz CT molecular complexity index is 874. The first kappa shape index (κ1) is 19.8. The second kappa shape index (κ2) is 9.85. The molecule has 0 aliphatic heterocycles. The number of benzene rings is 1. The molecular formula is C24H27N3O. The van der Waals surface area contributed by atoms with E-state index in [1.165, 1.54) is 32.1 Å². The number of hydrogen-bond donors (Lipinski definition) is 1. The highest BCUT2D eigenvalue weighted by Gasteiger charge is 2.15. The lowest BCUT2D eigenvalue weighted by Crippen LogP contribution is -2.15. The van der Waals surface area contributed by atoms with Gasteiger partial charge >= 0.3 is 0 Å². The number of pyridine rings is 1. The van der Waals surface area contributed by atoms with Crippen LogP contribution in [0, 0.1) is 24.2 Å². The van der Waals surface area contributed by atoms with Gasteiger partial charge in [-0.1, -0.05) is 44.2 Å². The number of hydrogen-bond acceptors (Lipinski definition) is 3. The molecule has 144 valence electrons. The van der Waals surface area contributed by atoms with Gasteiger partial charge in [0.25, 0.3) is 0 Å². The van der Waals surface area contributed by atoms with E-state index >= 15 is 0 Å². The second-order valence-electron chi connectivity index (χ2n) is 7.57. The smallest absolute Gasteiger partial charge is 0.224 e. The van der Waals surface area contributed by atoms with Crippen LogP contribution in [0.1, 0.15) is 61.6 Å². The van der Waals surface area contributed by atoms with E-state index < -0.39 is 0 Å². The number of anilines is 1. The average molecular weight is 374 g/mol. The minimum Gasteiger partial charge on any atom is -0.326 e.